The monoisotopic (exact) mass is 797 g/mol. The third-order valence-corrected chi connectivity index (χ3v) is 11.6. The van der Waals surface area contributed by atoms with E-state index in [0.29, 0.717) is 5.82 Å². The Balaban J connectivity index is 1.00. The van der Waals surface area contributed by atoms with Crippen molar-refractivity contribution >= 4 is 55.5 Å². The van der Waals surface area contributed by atoms with Gasteiger partial charge in [0.05, 0.1) is 11.4 Å². The van der Waals surface area contributed by atoms with Gasteiger partial charge in [-0.05, 0) is 53.6 Å². The quantitative estimate of drug-likeness (QED) is 0.173. The zero-order chi connectivity index (χ0) is 41.0. The van der Waals surface area contributed by atoms with Gasteiger partial charge in [-0.25, -0.2) is 20.0 Å². The molecule has 0 aliphatic carbocycles. The average Bonchev–Trinajstić information content (AvgIpc) is 3.93. The van der Waals surface area contributed by atoms with Crippen LogP contribution in [0.1, 0.15) is 22.9 Å². The fraction of sp³-hybridized carbons (Fsp3) is 0.0182. The highest BCUT2D eigenvalue weighted by atomic mass is 16.3. The third-order valence-electron chi connectivity index (χ3n) is 11.6. The Morgan fingerprint density at radius 2 is 0.839 bits per heavy atom. The first-order valence-corrected chi connectivity index (χ1v) is 20.6. The van der Waals surface area contributed by atoms with Crippen LogP contribution in [0.25, 0.3) is 88.9 Å². The highest BCUT2D eigenvalue weighted by Gasteiger charge is 2.25. The maximum absolute atomic E-state index is 6.52. The van der Waals surface area contributed by atoms with Gasteiger partial charge < -0.3 is 14.2 Å². The van der Waals surface area contributed by atoms with Gasteiger partial charge >= 0.3 is 0 Å². The third kappa shape index (κ3) is 6.23. The molecule has 7 heteroatoms. The molecule has 8 aromatic carbocycles. The molecule has 4 heterocycles. The van der Waals surface area contributed by atoms with Crippen LogP contribution in [-0.4, -0.2) is 21.6 Å². The molecule has 11 aromatic rings. The Labute approximate surface area is 356 Å². The van der Waals surface area contributed by atoms with Gasteiger partial charge in [-0.1, -0.05) is 158 Å². The molecule has 0 saturated carbocycles. The van der Waals surface area contributed by atoms with Crippen molar-refractivity contribution < 1.29 is 8.83 Å². The molecule has 0 atom stereocenters. The molecule has 62 heavy (non-hydrogen) atoms. The summed E-state index contributed by atoms with van der Waals surface area (Å²) >= 11 is 0. The molecule has 0 radical (unpaired) electrons. The number of hydrogen-bond acceptors (Lipinski definition) is 7. The van der Waals surface area contributed by atoms with Crippen LogP contribution in [0.5, 0.6) is 0 Å². The summed E-state index contributed by atoms with van der Waals surface area (Å²) < 4.78 is 13.0. The van der Waals surface area contributed by atoms with Crippen LogP contribution in [0, 0.1) is 0 Å². The van der Waals surface area contributed by atoms with E-state index >= 15 is 0 Å². The molecule has 292 valence electrons. The standard InChI is InChI=1S/C55H35N5O2/c1-5-15-34(16-6-1)44-33-45(35-17-7-2-8-18-35)57-54(56-44)40-23-13-25-48-50(40)42-31-38(27-29-46(42)61-48)39-28-30-47-43(32-39)51-41(24-14-26-49(51)62-47)55-59-52(36-19-9-3-10-20-36)58-53(60-55)37-21-11-4-12-22-37/h1-33,55H,(H,58,59,60). The van der Waals surface area contributed by atoms with Crippen molar-refractivity contribution in [3.05, 3.63) is 217 Å². The highest BCUT2D eigenvalue weighted by molar-refractivity contribution is 6.17. The first kappa shape index (κ1) is 35.5. The Bertz CT molecular complexity index is 3430. The van der Waals surface area contributed by atoms with Crippen LogP contribution >= 0.6 is 0 Å². The molecule has 0 saturated heterocycles. The fourth-order valence-corrected chi connectivity index (χ4v) is 8.60. The second-order valence-corrected chi connectivity index (χ2v) is 15.4. The number of fused-ring (bicyclic) bond motifs is 6. The molecule has 0 amide bonds. The maximum Gasteiger partial charge on any atom is 0.170 e. The number of benzene rings is 8. The molecule has 7 nitrogen and oxygen atoms in total. The smallest absolute Gasteiger partial charge is 0.170 e. The van der Waals surface area contributed by atoms with Gasteiger partial charge in [0.25, 0.3) is 0 Å². The van der Waals surface area contributed by atoms with E-state index in [9.17, 15) is 0 Å². The van der Waals surface area contributed by atoms with Gasteiger partial charge in [-0.3, -0.25) is 0 Å². The van der Waals surface area contributed by atoms with E-state index in [0.717, 1.165) is 111 Å². The summed E-state index contributed by atoms with van der Waals surface area (Å²) in [5.41, 5.74) is 12.9. The summed E-state index contributed by atoms with van der Waals surface area (Å²) in [7, 11) is 0. The van der Waals surface area contributed by atoms with Crippen molar-refractivity contribution in [1.29, 1.82) is 0 Å². The summed E-state index contributed by atoms with van der Waals surface area (Å²) in [4.78, 5) is 20.8. The fourth-order valence-electron chi connectivity index (χ4n) is 8.60. The van der Waals surface area contributed by atoms with E-state index in [-0.39, 0.29) is 0 Å². The topological polar surface area (TPSA) is 88.8 Å². The lowest BCUT2D eigenvalue weighted by atomic mass is 9.97. The lowest BCUT2D eigenvalue weighted by molar-refractivity contribution is 0.667. The number of furan rings is 2. The lowest BCUT2D eigenvalue weighted by Crippen LogP contribution is -2.36. The molecule has 1 aliphatic rings. The second-order valence-electron chi connectivity index (χ2n) is 15.4. The highest BCUT2D eigenvalue weighted by Crippen LogP contribution is 2.41. The first-order chi connectivity index (χ1) is 30.7. The minimum atomic E-state index is -0.507. The number of nitrogens with one attached hydrogen (secondary N) is 1. The molecule has 0 bridgehead atoms. The SMILES string of the molecule is c1ccc(C2=NC(c3cccc4oc5ccc(-c6ccc7oc8cccc(-c9nc(-c%10ccccc%10)cc(-c%10ccccc%10)n9)c8c7c6)cc5c34)N=C(c3ccccc3)N2)cc1. The molecule has 0 fully saturated rings. The number of aliphatic imine (C=N–C) groups is 2. The van der Waals surface area contributed by atoms with Crippen molar-refractivity contribution in [3.63, 3.8) is 0 Å². The maximum atomic E-state index is 6.52. The van der Waals surface area contributed by atoms with Crippen molar-refractivity contribution in [2.75, 3.05) is 0 Å². The van der Waals surface area contributed by atoms with Gasteiger partial charge in [0, 0.05) is 54.9 Å². The Morgan fingerprint density at radius 3 is 1.37 bits per heavy atom. The van der Waals surface area contributed by atoms with Crippen molar-refractivity contribution in [3.8, 4) is 45.0 Å². The van der Waals surface area contributed by atoms with Gasteiger partial charge in [-0.2, -0.15) is 0 Å². The van der Waals surface area contributed by atoms with Gasteiger partial charge in [0.15, 0.2) is 12.0 Å². The first-order valence-electron chi connectivity index (χ1n) is 20.6. The summed E-state index contributed by atoms with van der Waals surface area (Å²) in [5, 5.41) is 7.46. The van der Waals surface area contributed by atoms with E-state index in [1.807, 2.05) is 97.1 Å². The number of rotatable bonds is 7. The van der Waals surface area contributed by atoms with Crippen LogP contribution in [0.4, 0.5) is 0 Å². The van der Waals surface area contributed by atoms with Crippen molar-refractivity contribution in [2.45, 2.75) is 6.17 Å². The molecule has 1 aliphatic heterocycles. The van der Waals surface area contributed by atoms with Gasteiger partial charge in [0.2, 0.25) is 0 Å². The summed E-state index contributed by atoms with van der Waals surface area (Å²) in [6, 6.07) is 68.0. The van der Waals surface area contributed by atoms with Crippen molar-refractivity contribution in [1.82, 2.24) is 15.3 Å². The number of hydrogen-bond donors (Lipinski definition) is 1. The normalized spacial score (nSPS) is 13.1. The van der Waals surface area contributed by atoms with E-state index in [1.54, 1.807) is 0 Å². The minimum Gasteiger partial charge on any atom is -0.456 e. The van der Waals surface area contributed by atoms with Gasteiger partial charge in [-0.15, -0.1) is 0 Å². The molecule has 12 rings (SSSR count). The molecule has 0 spiro atoms. The molecule has 0 unspecified atom stereocenters. The Hall–Kier alpha value is -8.42. The zero-order valence-corrected chi connectivity index (χ0v) is 33.2. The molecular weight excluding hydrogens is 763 g/mol. The van der Waals surface area contributed by atoms with Gasteiger partial charge in [0.1, 0.15) is 34.0 Å². The summed E-state index contributed by atoms with van der Waals surface area (Å²) in [6.45, 7) is 0. The van der Waals surface area contributed by atoms with Crippen molar-refractivity contribution in [2.24, 2.45) is 9.98 Å². The minimum absolute atomic E-state index is 0.507. The number of amidine groups is 2. The van der Waals surface area contributed by atoms with Crippen LogP contribution in [0.15, 0.2) is 219 Å². The number of nitrogens with zero attached hydrogens (tertiary/aromatic N) is 4. The van der Waals surface area contributed by atoms with Crippen LogP contribution in [0.3, 0.4) is 0 Å². The van der Waals surface area contributed by atoms with Crippen LogP contribution in [0.2, 0.25) is 0 Å². The Kier molecular flexibility index (Phi) is 8.42. The Morgan fingerprint density at radius 1 is 0.371 bits per heavy atom. The molecule has 1 N–H and O–H groups in total. The molecular formula is C55H35N5O2. The van der Waals surface area contributed by atoms with Crippen LogP contribution < -0.4 is 5.32 Å². The zero-order valence-electron chi connectivity index (χ0n) is 33.2. The predicted octanol–water partition coefficient (Wildman–Crippen LogP) is 13.4. The summed E-state index contributed by atoms with van der Waals surface area (Å²) in [5.74, 6) is 2.17. The van der Waals surface area contributed by atoms with E-state index in [2.05, 4.69) is 108 Å². The lowest BCUT2D eigenvalue weighted by Gasteiger charge is -2.22. The number of aromatic nitrogens is 2. The summed E-state index contributed by atoms with van der Waals surface area (Å²) in [6.07, 6.45) is -0.507. The van der Waals surface area contributed by atoms with E-state index in [4.69, 9.17) is 28.8 Å². The second kappa shape index (κ2) is 14.7. The van der Waals surface area contributed by atoms with Crippen LogP contribution in [-0.2, 0) is 0 Å². The predicted molar refractivity (Wildman–Crippen MR) is 250 cm³/mol. The molecule has 3 aromatic heterocycles. The van der Waals surface area contributed by atoms with E-state index < -0.39 is 6.17 Å². The average molecular weight is 798 g/mol. The van der Waals surface area contributed by atoms with E-state index in [1.165, 1.54) is 0 Å². The largest absolute Gasteiger partial charge is 0.456 e.